The average molecular weight is 408 g/mol. The number of likely N-dealkylation sites (N-methyl/N-ethyl adjacent to an activating group) is 1. The Bertz CT molecular complexity index is 967. The lowest BCUT2D eigenvalue weighted by molar-refractivity contribution is -0.116. The van der Waals surface area contributed by atoms with Crippen LogP contribution in [-0.4, -0.2) is 38.8 Å². The summed E-state index contributed by atoms with van der Waals surface area (Å²) in [5.41, 5.74) is 3.52. The van der Waals surface area contributed by atoms with Gasteiger partial charge in [-0.05, 0) is 50.1 Å². The third-order valence-corrected chi connectivity index (χ3v) is 6.30. The number of nitrogens with one attached hydrogen (secondary N) is 1. The van der Waals surface area contributed by atoms with Crippen LogP contribution in [0.2, 0.25) is 0 Å². The Hall–Kier alpha value is -2.45. The minimum Gasteiger partial charge on any atom is -0.495 e. The second kappa shape index (κ2) is 8.70. The monoisotopic (exact) mass is 408 g/mol. The van der Waals surface area contributed by atoms with Crippen LogP contribution in [0.1, 0.15) is 23.6 Å². The number of aryl methyl sites for hydroxylation is 3. The number of nitrogens with zero attached hydrogens (tertiary/aromatic N) is 1. The summed E-state index contributed by atoms with van der Waals surface area (Å²) in [6.07, 6.45) is 0. The van der Waals surface area contributed by atoms with Crippen LogP contribution in [0.25, 0.3) is 0 Å². The van der Waals surface area contributed by atoms with Gasteiger partial charge in [-0.3, -0.25) is 4.79 Å². The number of carbonyl (C=O) groups is 1. The van der Waals surface area contributed by atoms with Gasteiger partial charge in [0.25, 0.3) is 0 Å². The Morgan fingerprint density at radius 2 is 1.75 bits per heavy atom. The van der Waals surface area contributed by atoms with Crippen molar-refractivity contribution >= 4 is 21.6 Å². The van der Waals surface area contributed by atoms with Gasteiger partial charge in [0.05, 0.1) is 13.7 Å². The highest BCUT2D eigenvalue weighted by atomic mass is 32.2. The second-order valence-electron chi connectivity index (χ2n) is 6.55. The molecule has 0 radical (unpaired) electrons. The minimum absolute atomic E-state index is 0.0190. The number of hydrogen-bond acceptors (Lipinski definition) is 4. The van der Waals surface area contributed by atoms with Crippen LogP contribution >= 0.6 is 0 Å². The number of ether oxygens (including phenoxy) is 1. The maximum absolute atomic E-state index is 13.6. The number of amides is 1. The van der Waals surface area contributed by atoms with Gasteiger partial charge in [0.1, 0.15) is 16.5 Å². The molecule has 0 saturated heterocycles. The number of benzene rings is 2. The number of sulfonamides is 1. The van der Waals surface area contributed by atoms with Crippen molar-refractivity contribution in [3.8, 4) is 5.75 Å². The topological polar surface area (TPSA) is 75.7 Å². The van der Waals surface area contributed by atoms with Crippen LogP contribution in [0.15, 0.2) is 35.2 Å². The number of hydrogen-bond donors (Lipinski definition) is 1. The normalized spacial score (nSPS) is 11.5. The number of halogens is 1. The molecule has 0 saturated carbocycles. The van der Waals surface area contributed by atoms with Crippen molar-refractivity contribution in [1.29, 1.82) is 0 Å². The molecule has 0 aliphatic rings. The number of carbonyl (C=O) groups excluding carboxylic acids is 1. The van der Waals surface area contributed by atoms with Gasteiger partial charge < -0.3 is 10.1 Å². The number of methoxy groups -OCH3 is 1. The summed E-state index contributed by atoms with van der Waals surface area (Å²) in [7, 11) is -2.82. The first kappa shape index (κ1) is 21.8. The second-order valence-corrected chi connectivity index (χ2v) is 8.45. The van der Waals surface area contributed by atoms with Crippen LogP contribution in [0.3, 0.4) is 0 Å². The molecule has 152 valence electrons. The van der Waals surface area contributed by atoms with E-state index in [1.54, 1.807) is 6.92 Å². The molecular weight excluding hydrogens is 383 g/mol. The van der Waals surface area contributed by atoms with Crippen molar-refractivity contribution in [1.82, 2.24) is 4.31 Å². The number of rotatable bonds is 7. The molecule has 0 aliphatic carbocycles. The van der Waals surface area contributed by atoms with E-state index in [1.165, 1.54) is 13.2 Å². The summed E-state index contributed by atoms with van der Waals surface area (Å²) in [5.74, 6) is -1.16. The largest absolute Gasteiger partial charge is 0.495 e. The Balaban J connectivity index is 2.29. The van der Waals surface area contributed by atoms with Crippen LogP contribution in [0.4, 0.5) is 10.1 Å². The van der Waals surface area contributed by atoms with Crippen molar-refractivity contribution < 1.29 is 22.3 Å². The fourth-order valence-electron chi connectivity index (χ4n) is 3.07. The van der Waals surface area contributed by atoms with E-state index in [1.807, 2.05) is 32.9 Å². The molecule has 0 unspecified atom stereocenters. The van der Waals surface area contributed by atoms with Gasteiger partial charge in [-0.1, -0.05) is 24.6 Å². The molecule has 0 aromatic heterocycles. The van der Waals surface area contributed by atoms with Crippen molar-refractivity contribution in [2.24, 2.45) is 0 Å². The summed E-state index contributed by atoms with van der Waals surface area (Å²) in [6, 6.07) is 7.13. The maximum Gasteiger partial charge on any atom is 0.247 e. The third-order valence-electron chi connectivity index (χ3n) is 4.36. The van der Waals surface area contributed by atoms with Crippen LogP contribution in [-0.2, 0) is 14.8 Å². The molecule has 6 nitrogen and oxygen atoms in total. The summed E-state index contributed by atoms with van der Waals surface area (Å²) in [4.78, 5) is 12.2. The lowest BCUT2D eigenvalue weighted by Crippen LogP contribution is -2.38. The van der Waals surface area contributed by atoms with Gasteiger partial charge in [-0.25, -0.2) is 12.8 Å². The molecule has 8 heteroatoms. The smallest absolute Gasteiger partial charge is 0.247 e. The Labute approximate surface area is 165 Å². The van der Waals surface area contributed by atoms with Crippen LogP contribution in [0.5, 0.6) is 5.75 Å². The quantitative estimate of drug-likeness (QED) is 0.762. The van der Waals surface area contributed by atoms with Crippen molar-refractivity contribution in [2.45, 2.75) is 32.6 Å². The molecule has 2 aromatic carbocycles. The predicted octanol–water partition coefficient (Wildman–Crippen LogP) is 3.41. The van der Waals surface area contributed by atoms with E-state index in [4.69, 9.17) is 4.74 Å². The first-order valence-electron chi connectivity index (χ1n) is 8.81. The molecular formula is C20H25FN2O4S. The predicted molar refractivity (Wildman–Crippen MR) is 107 cm³/mol. The average Bonchev–Trinajstić information content (AvgIpc) is 2.62. The zero-order valence-corrected chi connectivity index (χ0v) is 17.5. The van der Waals surface area contributed by atoms with Crippen molar-refractivity contribution in [3.05, 3.63) is 52.8 Å². The summed E-state index contributed by atoms with van der Waals surface area (Å²) in [5, 5.41) is 2.78. The van der Waals surface area contributed by atoms with Gasteiger partial charge in [0.15, 0.2) is 0 Å². The summed E-state index contributed by atoms with van der Waals surface area (Å²) < 4.78 is 45.6. The number of anilines is 1. The van der Waals surface area contributed by atoms with Crippen LogP contribution < -0.4 is 10.1 Å². The highest BCUT2D eigenvalue weighted by molar-refractivity contribution is 7.89. The fraction of sp³-hybridized carbons (Fsp3) is 0.350. The molecule has 0 heterocycles. The molecule has 1 amide bonds. The molecule has 0 spiro atoms. The zero-order chi connectivity index (χ0) is 21.1. The van der Waals surface area contributed by atoms with Gasteiger partial charge in [-0.15, -0.1) is 0 Å². The Kier molecular flexibility index (Phi) is 6.79. The summed E-state index contributed by atoms with van der Waals surface area (Å²) in [6.45, 7) is 6.97. The SMILES string of the molecule is CCN(CC(=O)Nc1c(C)cc(C)cc1C)S(=O)(=O)c1cc(F)ccc1OC. The van der Waals surface area contributed by atoms with Crippen molar-refractivity contribution in [2.75, 3.05) is 25.5 Å². The first-order chi connectivity index (χ1) is 13.1. The van der Waals surface area contributed by atoms with E-state index in [0.29, 0.717) is 5.69 Å². The molecule has 28 heavy (non-hydrogen) atoms. The molecule has 2 aromatic rings. The van der Waals surface area contributed by atoms with E-state index in [-0.39, 0.29) is 17.2 Å². The third kappa shape index (κ3) is 4.69. The lowest BCUT2D eigenvalue weighted by Gasteiger charge is -2.22. The minimum atomic E-state index is -4.12. The molecule has 0 fully saturated rings. The molecule has 0 aliphatic heterocycles. The van der Waals surface area contributed by atoms with E-state index in [2.05, 4.69) is 5.32 Å². The first-order valence-corrected chi connectivity index (χ1v) is 10.3. The molecule has 2 rings (SSSR count). The highest BCUT2D eigenvalue weighted by Gasteiger charge is 2.29. The van der Waals surface area contributed by atoms with E-state index in [0.717, 1.165) is 33.1 Å². The van der Waals surface area contributed by atoms with Crippen LogP contribution in [0, 0.1) is 26.6 Å². The van der Waals surface area contributed by atoms with Gasteiger partial charge in [0.2, 0.25) is 15.9 Å². The lowest BCUT2D eigenvalue weighted by atomic mass is 10.1. The van der Waals surface area contributed by atoms with E-state index in [9.17, 15) is 17.6 Å². The molecule has 1 N–H and O–H groups in total. The van der Waals surface area contributed by atoms with Gasteiger partial charge >= 0.3 is 0 Å². The van der Waals surface area contributed by atoms with Gasteiger partial charge in [-0.2, -0.15) is 4.31 Å². The Morgan fingerprint density at radius 3 is 2.29 bits per heavy atom. The van der Waals surface area contributed by atoms with Crippen molar-refractivity contribution in [3.63, 3.8) is 0 Å². The Morgan fingerprint density at radius 1 is 1.14 bits per heavy atom. The highest BCUT2D eigenvalue weighted by Crippen LogP contribution is 2.28. The molecule has 0 bridgehead atoms. The molecule has 0 atom stereocenters. The standard InChI is InChI=1S/C20H25FN2O4S/c1-6-23(28(25,26)18-11-16(21)7-8-17(18)27-5)12-19(24)22-20-14(3)9-13(2)10-15(20)4/h7-11H,6,12H2,1-5H3,(H,22,24). The van der Waals surface area contributed by atoms with Gasteiger partial charge in [0, 0.05) is 12.2 Å². The fourth-order valence-corrected chi connectivity index (χ4v) is 4.65. The van der Waals surface area contributed by atoms with E-state index < -0.39 is 28.3 Å². The van der Waals surface area contributed by atoms with E-state index >= 15 is 0 Å². The summed E-state index contributed by atoms with van der Waals surface area (Å²) >= 11 is 0. The maximum atomic E-state index is 13.6. The zero-order valence-electron chi connectivity index (χ0n) is 16.7.